The van der Waals surface area contributed by atoms with Gasteiger partial charge in [0.1, 0.15) is 39.0 Å². The highest BCUT2D eigenvalue weighted by Gasteiger charge is 2.26. The number of ether oxygens (including phenoxy) is 2. The number of fused-ring (bicyclic) bond motifs is 1. The van der Waals surface area contributed by atoms with E-state index in [2.05, 4.69) is 20.7 Å². The molecular formula is C24H28FN5O6S. The summed E-state index contributed by atoms with van der Waals surface area (Å²) in [5, 5.41) is 14.0. The fourth-order valence-electron chi connectivity index (χ4n) is 3.36. The van der Waals surface area contributed by atoms with Crippen LogP contribution >= 0.6 is 11.3 Å². The molecule has 0 saturated carbocycles. The molecule has 2 amide bonds. The van der Waals surface area contributed by atoms with Crippen LogP contribution in [0.3, 0.4) is 0 Å². The van der Waals surface area contributed by atoms with Crippen molar-refractivity contribution < 1.29 is 33.4 Å². The standard InChI is InChI=1S/C24H28FN5O6S/c1-7-30(29-23(34)36-24(4,5)6)21(31)13(3)35-16-10-14(25)8-9-15(16)28-19-17-12(2)18(22(32)33)37-20(17)27-11-26-19/h8-11,13H,7H2,1-6H3,(H,29,34)(H,32,33)(H,26,27,28). The number of aromatic nitrogens is 2. The number of anilines is 2. The lowest BCUT2D eigenvalue weighted by molar-refractivity contribution is -0.140. The van der Waals surface area contributed by atoms with Crippen molar-refractivity contribution >= 4 is 51.0 Å². The van der Waals surface area contributed by atoms with Gasteiger partial charge in [-0.1, -0.05) is 0 Å². The molecule has 1 aromatic carbocycles. The van der Waals surface area contributed by atoms with Crippen molar-refractivity contribution in [2.45, 2.75) is 53.2 Å². The van der Waals surface area contributed by atoms with Crippen LogP contribution in [0.15, 0.2) is 24.5 Å². The number of carboxylic acid groups (broad SMARTS) is 1. The van der Waals surface area contributed by atoms with Gasteiger partial charge in [0.05, 0.1) is 11.1 Å². The summed E-state index contributed by atoms with van der Waals surface area (Å²) in [5.41, 5.74) is 2.39. The van der Waals surface area contributed by atoms with Gasteiger partial charge < -0.3 is 19.9 Å². The van der Waals surface area contributed by atoms with Crippen LogP contribution in [0.1, 0.15) is 49.9 Å². The number of aryl methyl sites for hydroxylation is 1. The second kappa shape index (κ2) is 10.9. The maximum atomic E-state index is 14.1. The van der Waals surface area contributed by atoms with Crippen molar-refractivity contribution in [3.8, 4) is 5.75 Å². The Hall–Kier alpha value is -4.00. The number of halogens is 1. The smallest absolute Gasteiger partial charge is 0.426 e. The van der Waals surface area contributed by atoms with Crippen LogP contribution in [0, 0.1) is 12.7 Å². The van der Waals surface area contributed by atoms with Gasteiger partial charge in [-0.15, -0.1) is 11.3 Å². The minimum atomic E-state index is -1.12. The molecule has 2 heterocycles. The second-order valence-electron chi connectivity index (χ2n) is 8.99. The minimum absolute atomic E-state index is 0.00674. The molecule has 1 unspecified atom stereocenters. The van der Waals surface area contributed by atoms with Crippen molar-refractivity contribution in [1.29, 1.82) is 0 Å². The maximum Gasteiger partial charge on any atom is 0.426 e. The topological polar surface area (TPSA) is 143 Å². The normalized spacial score (nSPS) is 12.1. The number of carboxylic acids is 1. The molecule has 0 radical (unpaired) electrons. The van der Waals surface area contributed by atoms with Crippen molar-refractivity contribution in [2.24, 2.45) is 0 Å². The summed E-state index contributed by atoms with van der Waals surface area (Å²) in [7, 11) is 0. The summed E-state index contributed by atoms with van der Waals surface area (Å²) < 4.78 is 25.1. The molecule has 1 atom stereocenters. The second-order valence-corrected chi connectivity index (χ2v) is 9.98. The summed E-state index contributed by atoms with van der Waals surface area (Å²) >= 11 is 1.01. The van der Waals surface area contributed by atoms with Crippen LogP contribution in [0.2, 0.25) is 0 Å². The predicted molar refractivity (Wildman–Crippen MR) is 136 cm³/mol. The first kappa shape index (κ1) is 27.6. The number of carbonyl (C=O) groups is 3. The molecule has 0 aliphatic carbocycles. The number of likely N-dealkylation sites (N-methyl/N-ethyl adjacent to an activating group) is 1. The Morgan fingerprint density at radius 1 is 1.24 bits per heavy atom. The minimum Gasteiger partial charge on any atom is -0.479 e. The van der Waals surface area contributed by atoms with Gasteiger partial charge >= 0.3 is 12.1 Å². The molecule has 0 aliphatic rings. The highest BCUT2D eigenvalue weighted by atomic mass is 32.1. The molecule has 198 valence electrons. The van der Waals surface area contributed by atoms with E-state index in [0.717, 1.165) is 22.4 Å². The maximum absolute atomic E-state index is 14.1. The van der Waals surface area contributed by atoms with Crippen LogP contribution in [0.25, 0.3) is 10.2 Å². The Kier molecular flexibility index (Phi) is 8.16. The fraction of sp³-hybridized carbons (Fsp3) is 0.375. The zero-order valence-electron chi connectivity index (χ0n) is 21.2. The number of hydrogen-bond donors (Lipinski definition) is 3. The SMILES string of the molecule is CCN(NC(=O)OC(C)(C)C)C(=O)C(C)Oc1cc(F)ccc1Nc1ncnc2sc(C(=O)O)c(C)c12. The van der Waals surface area contributed by atoms with Gasteiger partial charge in [0, 0.05) is 12.6 Å². The zero-order chi connectivity index (χ0) is 27.5. The summed E-state index contributed by atoms with van der Waals surface area (Å²) in [6.07, 6.45) is -0.643. The molecule has 0 bridgehead atoms. The molecule has 0 saturated heterocycles. The van der Waals surface area contributed by atoms with E-state index < -0.39 is 35.5 Å². The number of benzene rings is 1. The third-order valence-corrected chi connectivity index (χ3v) is 6.16. The number of carbonyl (C=O) groups excluding carboxylic acids is 2. The Morgan fingerprint density at radius 2 is 1.95 bits per heavy atom. The summed E-state index contributed by atoms with van der Waals surface area (Å²) in [4.78, 5) is 45.6. The molecular weight excluding hydrogens is 505 g/mol. The van der Waals surface area contributed by atoms with E-state index in [-0.39, 0.29) is 22.9 Å². The Labute approximate surface area is 216 Å². The summed E-state index contributed by atoms with van der Waals surface area (Å²) in [6, 6.07) is 3.71. The molecule has 2 aromatic heterocycles. The first-order chi connectivity index (χ1) is 17.3. The van der Waals surface area contributed by atoms with Crippen LogP contribution in [-0.4, -0.2) is 56.3 Å². The largest absolute Gasteiger partial charge is 0.479 e. The van der Waals surface area contributed by atoms with Crippen LogP contribution in [-0.2, 0) is 9.53 Å². The molecule has 37 heavy (non-hydrogen) atoms. The van der Waals surface area contributed by atoms with E-state index in [1.54, 1.807) is 34.6 Å². The van der Waals surface area contributed by atoms with E-state index in [1.165, 1.54) is 25.4 Å². The lowest BCUT2D eigenvalue weighted by Crippen LogP contribution is -2.51. The monoisotopic (exact) mass is 533 g/mol. The quantitative estimate of drug-likeness (QED) is 0.370. The molecule has 13 heteroatoms. The average Bonchev–Trinajstić information content (AvgIpc) is 3.15. The predicted octanol–water partition coefficient (Wildman–Crippen LogP) is 4.64. The first-order valence-electron chi connectivity index (χ1n) is 11.3. The van der Waals surface area contributed by atoms with E-state index in [9.17, 15) is 23.9 Å². The molecule has 0 spiro atoms. The highest BCUT2D eigenvalue weighted by molar-refractivity contribution is 7.20. The van der Waals surface area contributed by atoms with Gasteiger partial charge in [0.15, 0.2) is 6.10 Å². The Morgan fingerprint density at radius 3 is 2.57 bits per heavy atom. The lowest BCUT2D eigenvalue weighted by Gasteiger charge is -2.27. The van der Waals surface area contributed by atoms with Gasteiger partial charge in [-0.2, -0.15) is 0 Å². The van der Waals surface area contributed by atoms with Gasteiger partial charge in [-0.25, -0.2) is 34.4 Å². The number of nitrogens with one attached hydrogen (secondary N) is 2. The van der Waals surface area contributed by atoms with Crippen molar-refractivity contribution in [3.05, 3.63) is 40.8 Å². The van der Waals surface area contributed by atoms with Gasteiger partial charge in [0.2, 0.25) is 0 Å². The highest BCUT2D eigenvalue weighted by Crippen LogP contribution is 2.36. The van der Waals surface area contributed by atoms with Gasteiger partial charge in [0.25, 0.3) is 5.91 Å². The van der Waals surface area contributed by atoms with Crippen molar-refractivity contribution in [2.75, 3.05) is 11.9 Å². The lowest BCUT2D eigenvalue weighted by atomic mass is 10.2. The number of rotatable bonds is 7. The van der Waals surface area contributed by atoms with E-state index >= 15 is 0 Å². The van der Waals surface area contributed by atoms with Crippen LogP contribution in [0.5, 0.6) is 5.75 Å². The molecule has 3 rings (SSSR count). The van der Waals surface area contributed by atoms with Crippen LogP contribution < -0.4 is 15.5 Å². The van der Waals surface area contributed by atoms with E-state index in [0.29, 0.717) is 21.6 Å². The average molecular weight is 534 g/mol. The number of hydrogen-bond acceptors (Lipinski definition) is 9. The van der Waals surface area contributed by atoms with Crippen molar-refractivity contribution in [1.82, 2.24) is 20.4 Å². The van der Waals surface area contributed by atoms with Crippen molar-refractivity contribution in [3.63, 3.8) is 0 Å². The van der Waals surface area contributed by atoms with E-state index in [1.807, 2.05) is 0 Å². The molecule has 11 nitrogen and oxygen atoms in total. The number of aromatic carboxylic acids is 1. The Bertz CT molecular complexity index is 1340. The first-order valence-corrected chi connectivity index (χ1v) is 12.1. The third kappa shape index (κ3) is 6.61. The number of thiophene rings is 1. The fourth-order valence-corrected chi connectivity index (χ4v) is 4.34. The summed E-state index contributed by atoms with van der Waals surface area (Å²) in [6.45, 7) is 9.98. The molecule has 3 N–H and O–H groups in total. The molecule has 3 aromatic rings. The summed E-state index contributed by atoms with van der Waals surface area (Å²) in [5.74, 6) is -1.97. The van der Waals surface area contributed by atoms with Crippen LogP contribution in [0.4, 0.5) is 20.7 Å². The van der Waals surface area contributed by atoms with E-state index in [4.69, 9.17) is 9.47 Å². The number of amides is 2. The number of hydrazine groups is 1. The number of nitrogens with zero attached hydrogens (tertiary/aromatic N) is 3. The molecule has 0 aliphatic heterocycles. The molecule has 0 fully saturated rings. The zero-order valence-corrected chi connectivity index (χ0v) is 22.0. The third-order valence-electron chi connectivity index (χ3n) is 4.98. The van der Waals surface area contributed by atoms with Gasteiger partial charge in [-0.05, 0) is 59.2 Å². The Balaban J connectivity index is 1.85. The van der Waals surface area contributed by atoms with Gasteiger partial charge in [-0.3, -0.25) is 4.79 Å².